The van der Waals surface area contributed by atoms with E-state index in [9.17, 15) is 9.59 Å². The number of hydrogen-bond donors (Lipinski definition) is 2. The van der Waals surface area contributed by atoms with Crippen LogP contribution in [0.15, 0.2) is 12.4 Å². The van der Waals surface area contributed by atoms with Crippen molar-refractivity contribution in [1.29, 1.82) is 0 Å². The Kier molecular flexibility index (Phi) is 7.78. The maximum Gasteiger partial charge on any atom is 0.410 e. The summed E-state index contributed by atoms with van der Waals surface area (Å²) in [4.78, 5) is 37.7. The number of rotatable bonds is 7. The van der Waals surface area contributed by atoms with Gasteiger partial charge in [0.2, 0.25) is 5.91 Å². The molecular weight excluding hydrogens is 432 g/mol. The number of hydrogen-bond acceptors (Lipinski definition) is 7. The van der Waals surface area contributed by atoms with Crippen molar-refractivity contribution in [2.75, 3.05) is 36.4 Å². The van der Waals surface area contributed by atoms with E-state index in [1.54, 1.807) is 11.2 Å². The Balaban J connectivity index is 1.17. The molecule has 9 nitrogen and oxygen atoms in total. The second-order valence-corrected chi connectivity index (χ2v) is 11.0. The highest BCUT2D eigenvalue weighted by Gasteiger charge is 2.28. The van der Waals surface area contributed by atoms with E-state index in [4.69, 9.17) is 4.74 Å². The summed E-state index contributed by atoms with van der Waals surface area (Å²) in [7, 11) is 0. The second-order valence-electron chi connectivity index (χ2n) is 11.0. The lowest BCUT2D eigenvalue weighted by Crippen LogP contribution is -2.47. The normalized spacial score (nSPS) is 21.8. The molecule has 1 atom stereocenters. The third kappa shape index (κ3) is 7.46. The number of amides is 2. The van der Waals surface area contributed by atoms with Crippen molar-refractivity contribution in [3.8, 4) is 0 Å². The first-order chi connectivity index (χ1) is 16.2. The van der Waals surface area contributed by atoms with Crippen LogP contribution < -0.4 is 15.5 Å². The fourth-order valence-electron chi connectivity index (χ4n) is 4.71. The van der Waals surface area contributed by atoms with Gasteiger partial charge in [-0.15, -0.1) is 0 Å². The highest BCUT2D eigenvalue weighted by Crippen LogP contribution is 2.28. The molecule has 1 aliphatic carbocycles. The van der Waals surface area contributed by atoms with Gasteiger partial charge >= 0.3 is 6.09 Å². The topological polar surface area (TPSA) is 99.7 Å². The van der Waals surface area contributed by atoms with E-state index >= 15 is 0 Å². The van der Waals surface area contributed by atoms with Gasteiger partial charge in [0.05, 0.1) is 0 Å². The average molecular weight is 473 g/mol. The van der Waals surface area contributed by atoms with E-state index in [1.165, 1.54) is 12.8 Å². The Bertz CT molecular complexity index is 845. The maximum absolute atomic E-state index is 12.6. The summed E-state index contributed by atoms with van der Waals surface area (Å²) in [6, 6.07) is 2.75. The molecule has 188 valence electrons. The van der Waals surface area contributed by atoms with Gasteiger partial charge in [0.25, 0.3) is 0 Å². The van der Waals surface area contributed by atoms with Gasteiger partial charge in [-0.25, -0.2) is 14.8 Å². The summed E-state index contributed by atoms with van der Waals surface area (Å²) >= 11 is 0. The third-order valence-corrected chi connectivity index (χ3v) is 6.72. The number of likely N-dealkylation sites (tertiary alicyclic amines) is 1. The number of nitrogens with one attached hydrogen (secondary N) is 2. The smallest absolute Gasteiger partial charge is 0.410 e. The summed E-state index contributed by atoms with van der Waals surface area (Å²) in [6.07, 6.45) is 9.05. The predicted molar refractivity (Wildman–Crippen MR) is 132 cm³/mol. The zero-order valence-electron chi connectivity index (χ0n) is 20.9. The number of carbonyl (C=O) groups is 2. The quantitative estimate of drug-likeness (QED) is 0.626. The van der Waals surface area contributed by atoms with Crippen molar-refractivity contribution in [3.05, 3.63) is 12.4 Å². The van der Waals surface area contributed by atoms with Gasteiger partial charge in [0, 0.05) is 50.7 Å². The Morgan fingerprint density at radius 1 is 1.06 bits per heavy atom. The molecule has 1 aromatic rings. The zero-order valence-corrected chi connectivity index (χ0v) is 20.9. The molecule has 3 aliphatic rings. The summed E-state index contributed by atoms with van der Waals surface area (Å²) in [5.41, 5.74) is -0.486. The molecule has 9 heteroatoms. The van der Waals surface area contributed by atoms with Crippen molar-refractivity contribution >= 4 is 23.6 Å². The molecule has 34 heavy (non-hydrogen) atoms. The summed E-state index contributed by atoms with van der Waals surface area (Å²) < 4.78 is 5.45. The lowest BCUT2D eigenvalue weighted by Gasteiger charge is -2.34. The minimum absolute atomic E-state index is 0.116. The molecule has 4 rings (SSSR count). The number of ether oxygens (including phenoxy) is 1. The van der Waals surface area contributed by atoms with Crippen LogP contribution in [-0.4, -0.2) is 70.7 Å². The molecular formula is C25H40N6O3. The molecule has 3 heterocycles. The summed E-state index contributed by atoms with van der Waals surface area (Å²) in [5, 5.41) is 6.63. The molecule has 0 spiro atoms. The van der Waals surface area contributed by atoms with Crippen molar-refractivity contribution in [2.24, 2.45) is 5.92 Å². The van der Waals surface area contributed by atoms with Gasteiger partial charge < -0.3 is 25.2 Å². The van der Waals surface area contributed by atoms with E-state index in [0.29, 0.717) is 31.5 Å². The Labute approximate surface area is 203 Å². The van der Waals surface area contributed by atoms with Gasteiger partial charge in [-0.05, 0) is 71.6 Å². The third-order valence-electron chi connectivity index (χ3n) is 6.72. The first kappa shape index (κ1) is 24.5. The van der Waals surface area contributed by atoms with Crippen LogP contribution in [-0.2, 0) is 9.53 Å². The van der Waals surface area contributed by atoms with E-state index in [1.807, 2.05) is 20.8 Å². The predicted octanol–water partition coefficient (Wildman–Crippen LogP) is 3.56. The van der Waals surface area contributed by atoms with E-state index < -0.39 is 5.60 Å². The molecule has 1 saturated carbocycles. The Morgan fingerprint density at radius 2 is 1.82 bits per heavy atom. The molecule has 0 unspecified atom stereocenters. The molecule has 2 aliphatic heterocycles. The minimum atomic E-state index is -0.486. The Morgan fingerprint density at radius 3 is 2.53 bits per heavy atom. The molecule has 0 aromatic carbocycles. The van der Waals surface area contributed by atoms with E-state index in [0.717, 1.165) is 56.8 Å². The van der Waals surface area contributed by atoms with Crippen LogP contribution in [0.25, 0.3) is 0 Å². The monoisotopic (exact) mass is 472 g/mol. The van der Waals surface area contributed by atoms with Crippen LogP contribution in [0.3, 0.4) is 0 Å². The van der Waals surface area contributed by atoms with Crippen LogP contribution in [0.5, 0.6) is 0 Å². The standard InChI is InChI=1S/C25H40N6O3/c1-25(2,3)34-24(33)30-13-10-20(11-14-30)29-23(32)9-6-18-5-4-12-31(16-18)22-15-21(26-17-27-22)28-19-7-8-19/h15,17-20H,4-14,16H2,1-3H3,(H,29,32)(H,26,27,28)/t18-/m1/s1. The average Bonchev–Trinajstić information content (AvgIpc) is 3.61. The fourth-order valence-corrected chi connectivity index (χ4v) is 4.71. The zero-order chi connectivity index (χ0) is 24.1. The van der Waals surface area contributed by atoms with Gasteiger partial charge in [0.15, 0.2) is 0 Å². The van der Waals surface area contributed by atoms with Gasteiger partial charge in [-0.2, -0.15) is 0 Å². The second kappa shape index (κ2) is 10.8. The lowest BCUT2D eigenvalue weighted by atomic mass is 9.93. The van der Waals surface area contributed by atoms with Crippen molar-refractivity contribution < 1.29 is 14.3 Å². The molecule has 2 saturated heterocycles. The molecule has 2 amide bonds. The summed E-state index contributed by atoms with van der Waals surface area (Å²) in [6.45, 7) is 8.80. The van der Waals surface area contributed by atoms with Crippen LogP contribution in [0.4, 0.5) is 16.4 Å². The van der Waals surface area contributed by atoms with E-state index in [2.05, 4.69) is 31.6 Å². The van der Waals surface area contributed by atoms with Gasteiger partial charge in [-0.1, -0.05) is 0 Å². The first-order valence-corrected chi connectivity index (χ1v) is 12.9. The highest BCUT2D eigenvalue weighted by atomic mass is 16.6. The molecule has 0 bridgehead atoms. The minimum Gasteiger partial charge on any atom is -0.444 e. The molecule has 0 radical (unpaired) electrons. The van der Waals surface area contributed by atoms with Crippen LogP contribution >= 0.6 is 0 Å². The number of anilines is 2. The maximum atomic E-state index is 12.6. The van der Waals surface area contributed by atoms with Crippen LogP contribution in [0, 0.1) is 5.92 Å². The lowest BCUT2D eigenvalue weighted by molar-refractivity contribution is -0.122. The fraction of sp³-hybridized carbons (Fsp3) is 0.760. The Hall–Kier alpha value is -2.58. The molecule has 1 aromatic heterocycles. The first-order valence-electron chi connectivity index (χ1n) is 12.9. The largest absolute Gasteiger partial charge is 0.444 e. The van der Waals surface area contributed by atoms with Crippen molar-refractivity contribution in [1.82, 2.24) is 20.2 Å². The molecule has 2 N–H and O–H groups in total. The van der Waals surface area contributed by atoms with Crippen molar-refractivity contribution in [2.45, 2.75) is 89.8 Å². The van der Waals surface area contributed by atoms with Crippen molar-refractivity contribution in [3.63, 3.8) is 0 Å². The SMILES string of the molecule is CC(C)(C)OC(=O)N1CCC(NC(=O)CC[C@H]2CCCN(c3cc(NC4CC4)ncn3)C2)CC1. The van der Waals surface area contributed by atoms with Crippen LogP contribution in [0.1, 0.15) is 72.1 Å². The number of carbonyl (C=O) groups excluding carboxylic acids is 2. The van der Waals surface area contributed by atoms with Crippen LogP contribution in [0.2, 0.25) is 0 Å². The van der Waals surface area contributed by atoms with E-state index in [-0.39, 0.29) is 18.0 Å². The number of aromatic nitrogens is 2. The summed E-state index contributed by atoms with van der Waals surface area (Å²) in [5.74, 6) is 2.49. The molecule has 3 fully saturated rings. The van der Waals surface area contributed by atoms with Gasteiger partial charge in [0.1, 0.15) is 23.6 Å². The number of piperidine rings is 2. The highest BCUT2D eigenvalue weighted by molar-refractivity contribution is 5.76. The van der Waals surface area contributed by atoms with Gasteiger partial charge in [-0.3, -0.25) is 4.79 Å². The number of nitrogens with zero attached hydrogens (tertiary/aromatic N) is 4.